The van der Waals surface area contributed by atoms with Crippen molar-refractivity contribution in [1.29, 1.82) is 0 Å². The van der Waals surface area contributed by atoms with E-state index < -0.39 is 11.0 Å². The first-order valence-corrected chi connectivity index (χ1v) is 9.74. The molecule has 1 aromatic carbocycles. The van der Waals surface area contributed by atoms with E-state index in [-0.39, 0.29) is 17.5 Å². The predicted octanol–water partition coefficient (Wildman–Crippen LogP) is 2.29. The van der Waals surface area contributed by atoms with Crippen LogP contribution in [0, 0.1) is 17.0 Å². The van der Waals surface area contributed by atoms with Gasteiger partial charge in [0, 0.05) is 50.6 Å². The lowest BCUT2D eigenvalue weighted by Gasteiger charge is -2.24. The number of amides is 2. The number of hydrogen-bond acceptors (Lipinski definition) is 6. The molecule has 1 aromatic heterocycles. The molecule has 2 amide bonds. The number of aromatic nitrogens is 1. The molecule has 0 spiro atoms. The number of rotatable bonds is 6. The molecule has 158 valence electrons. The van der Waals surface area contributed by atoms with E-state index in [1.165, 1.54) is 18.2 Å². The molecule has 1 saturated heterocycles. The van der Waals surface area contributed by atoms with Crippen molar-refractivity contribution in [2.75, 3.05) is 25.5 Å². The minimum atomic E-state index is -0.554. The van der Waals surface area contributed by atoms with Crippen molar-refractivity contribution in [2.45, 2.75) is 32.4 Å². The lowest BCUT2D eigenvalue weighted by molar-refractivity contribution is -0.385. The Kier molecular flexibility index (Phi) is 6.29. The van der Waals surface area contributed by atoms with Gasteiger partial charge in [-0.1, -0.05) is 6.07 Å². The molecule has 1 atom stereocenters. The van der Waals surface area contributed by atoms with E-state index in [0.29, 0.717) is 30.6 Å². The van der Waals surface area contributed by atoms with Crippen molar-refractivity contribution in [2.24, 2.45) is 0 Å². The monoisotopic (exact) mass is 411 g/mol. The molecule has 30 heavy (non-hydrogen) atoms. The Balaban J connectivity index is 1.65. The van der Waals surface area contributed by atoms with Crippen LogP contribution in [0.4, 0.5) is 11.5 Å². The van der Waals surface area contributed by atoms with Crippen molar-refractivity contribution in [3.05, 3.63) is 63.3 Å². The highest BCUT2D eigenvalue weighted by molar-refractivity contribution is 5.98. The minimum Gasteiger partial charge on any atom is -0.363 e. The van der Waals surface area contributed by atoms with Crippen LogP contribution < -0.4 is 10.2 Å². The summed E-state index contributed by atoms with van der Waals surface area (Å²) in [5.41, 5.74) is 1.60. The van der Waals surface area contributed by atoms with Crippen molar-refractivity contribution in [1.82, 2.24) is 15.2 Å². The number of nitro groups is 1. The number of nitrogens with zero attached hydrogens (tertiary/aromatic N) is 4. The van der Waals surface area contributed by atoms with E-state index >= 15 is 0 Å². The fraction of sp³-hybridized carbons (Fsp3) is 0.381. The molecule has 2 heterocycles. The average Bonchev–Trinajstić information content (AvgIpc) is 3.21. The van der Waals surface area contributed by atoms with Gasteiger partial charge in [0.05, 0.1) is 4.92 Å². The van der Waals surface area contributed by atoms with Gasteiger partial charge in [-0.3, -0.25) is 19.7 Å². The summed E-state index contributed by atoms with van der Waals surface area (Å²) in [7, 11) is 3.81. The third kappa shape index (κ3) is 4.56. The fourth-order valence-electron chi connectivity index (χ4n) is 3.53. The molecule has 3 rings (SSSR count). The number of pyridine rings is 1. The van der Waals surface area contributed by atoms with Gasteiger partial charge in [-0.15, -0.1) is 0 Å². The van der Waals surface area contributed by atoms with Crippen LogP contribution in [0.5, 0.6) is 0 Å². The van der Waals surface area contributed by atoms with Gasteiger partial charge in [-0.25, -0.2) is 4.98 Å². The molecule has 0 saturated carbocycles. The summed E-state index contributed by atoms with van der Waals surface area (Å²) >= 11 is 0. The summed E-state index contributed by atoms with van der Waals surface area (Å²) in [4.78, 5) is 43.9. The van der Waals surface area contributed by atoms with E-state index in [1.807, 2.05) is 31.1 Å². The number of benzene rings is 1. The summed E-state index contributed by atoms with van der Waals surface area (Å²) in [6.07, 6.45) is 3.03. The molecule has 0 aliphatic carbocycles. The van der Waals surface area contributed by atoms with E-state index in [1.54, 1.807) is 18.0 Å². The van der Waals surface area contributed by atoms with Gasteiger partial charge in [-0.05, 0) is 43.5 Å². The summed E-state index contributed by atoms with van der Waals surface area (Å²) in [6.45, 7) is 2.40. The summed E-state index contributed by atoms with van der Waals surface area (Å²) in [6, 6.07) is 7.51. The third-order valence-electron chi connectivity index (χ3n) is 5.19. The van der Waals surface area contributed by atoms with Crippen LogP contribution in [-0.2, 0) is 11.3 Å². The number of nitrogens with one attached hydrogen (secondary N) is 1. The molecule has 1 aliphatic rings. The van der Waals surface area contributed by atoms with Gasteiger partial charge in [0.15, 0.2) is 0 Å². The van der Waals surface area contributed by atoms with E-state index in [4.69, 9.17) is 0 Å². The average molecular weight is 411 g/mol. The van der Waals surface area contributed by atoms with Gasteiger partial charge >= 0.3 is 0 Å². The number of carbonyl (C=O) groups is 2. The molecule has 0 radical (unpaired) electrons. The Labute approximate surface area is 174 Å². The highest BCUT2D eigenvalue weighted by Gasteiger charge is 2.34. The smallest absolute Gasteiger partial charge is 0.272 e. The van der Waals surface area contributed by atoms with Crippen molar-refractivity contribution < 1.29 is 14.5 Å². The zero-order chi connectivity index (χ0) is 21.8. The Morgan fingerprint density at radius 2 is 2.07 bits per heavy atom. The summed E-state index contributed by atoms with van der Waals surface area (Å²) < 4.78 is 0. The quantitative estimate of drug-likeness (QED) is 0.577. The number of anilines is 1. The molecule has 9 heteroatoms. The van der Waals surface area contributed by atoms with Crippen LogP contribution >= 0.6 is 0 Å². The van der Waals surface area contributed by atoms with E-state index in [0.717, 1.165) is 17.8 Å². The lowest BCUT2D eigenvalue weighted by Crippen LogP contribution is -2.45. The molecule has 1 fully saturated rings. The minimum absolute atomic E-state index is 0.0313. The number of hydrogen-bond donors (Lipinski definition) is 1. The Hall–Kier alpha value is -3.49. The number of aryl methyl sites for hydroxylation is 1. The topological polar surface area (TPSA) is 109 Å². The van der Waals surface area contributed by atoms with Gasteiger partial charge < -0.3 is 15.1 Å². The highest BCUT2D eigenvalue weighted by atomic mass is 16.6. The first kappa shape index (κ1) is 21.2. The molecule has 0 bridgehead atoms. The van der Waals surface area contributed by atoms with Crippen molar-refractivity contribution >= 4 is 23.3 Å². The predicted molar refractivity (Wildman–Crippen MR) is 112 cm³/mol. The van der Waals surface area contributed by atoms with Crippen LogP contribution in [0.3, 0.4) is 0 Å². The van der Waals surface area contributed by atoms with Crippen molar-refractivity contribution in [3.8, 4) is 0 Å². The van der Waals surface area contributed by atoms with E-state index in [9.17, 15) is 19.7 Å². The first-order chi connectivity index (χ1) is 14.3. The summed E-state index contributed by atoms with van der Waals surface area (Å²) in [5, 5.41) is 13.9. The van der Waals surface area contributed by atoms with Crippen LogP contribution in [0.2, 0.25) is 0 Å². The molecular formula is C21H25N5O4. The molecule has 1 N–H and O–H groups in total. The van der Waals surface area contributed by atoms with Crippen LogP contribution in [0.15, 0.2) is 36.5 Å². The Morgan fingerprint density at radius 1 is 1.30 bits per heavy atom. The van der Waals surface area contributed by atoms with E-state index in [2.05, 4.69) is 10.3 Å². The lowest BCUT2D eigenvalue weighted by atomic mass is 10.1. The molecule has 2 aromatic rings. The Bertz CT molecular complexity index is 958. The number of nitro benzene ring substituents is 1. The van der Waals surface area contributed by atoms with Gasteiger partial charge in [-0.2, -0.15) is 0 Å². The molecule has 1 aliphatic heterocycles. The number of likely N-dealkylation sites (tertiary alicyclic amines) is 1. The highest BCUT2D eigenvalue weighted by Crippen LogP contribution is 2.24. The van der Waals surface area contributed by atoms with Gasteiger partial charge in [0.2, 0.25) is 5.91 Å². The normalized spacial score (nSPS) is 15.7. The first-order valence-electron chi connectivity index (χ1n) is 9.74. The second-order valence-corrected chi connectivity index (χ2v) is 7.55. The second-order valence-electron chi connectivity index (χ2n) is 7.55. The molecule has 9 nitrogen and oxygen atoms in total. The third-order valence-corrected chi connectivity index (χ3v) is 5.19. The maximum absolute atomic E-state index is 12.9. The van der Waals surface area contributed by atoms with Gasteiger partial charge in [0.1, 0.15) is 11.9 Å². The van der Waals surface area contributed by atoms with Crippen molar-refractivity contribution in [3.63, 3.8) is 0 Å². The molecule has 1 unspecified atom stereocenters. The SMILES string of the molecule is Cc1cc(C(=O)N2CCCC2C(=O)NCc2ccc(N(C)C)nc2)ccc1[N+](=O)[O-]. The maximum Gasteiger partial charge on any atom is 0.272 e. The standard InChI is InChI=1S/C21H25N5O4/c1-14-11-16(7-8-17(14)26(29)30)21(28)25-10-4-5-18(25)20(27)23-13-15-6-9-19(22-12-15)24(2)3/h6-9,11-12,18H,4-5,10,13H2,1-3H3,(H,23,27). The number of carbonyl (C=O) groups excluding carboxylic acids is 2. The van der Waals surface area contributed by atoms with Crippen LogP contribution in [0.1, 0.15) is 34.3 Å². The van der Waals surface area contributed by atoms with Crippen LogP contribution in [0.25, 0.3) is 0 Å². The largest absolute Gasteiger partial charge is 0.363 e. The zero-order valence-corrected chi connectivity index (χ0v) is 17.3. The zero-order valence-electron chi connectivity index (χ0n) is 17.3. The summed E-state index contributed by atoms with van der Waals surface area (Å²) in [5.74, 6) is 0.329. The maximum atomic E-state index is 12.9. The second kappa shape index (κ2) is 8.89. The molecular weight excluding hydrogens is 386 g/mol. The van der Waals surface area contributed by atoms with Crippen LogP contribution in [-0.4, -0.2) is 53.3 Å². The fourth-order valence-corrected chi connectivity index (χ4v) is 3.53. The Morgan fingerprint density at radius 3 is 2.67 bits per heavy atom. The van der Waals surface area contributed by atoms with Gasteiger partial charge in [0.25, 0.3) is 11.6 Å².